The van der Waals surface area contributed by atoms with Crippen LogP contribution in [0, 0.1) is 0 Å². The van der Waals surface area contributed by atoms with Gasteiger partial charge in [-0.3, -0.25) is 0 Å². The second kappa shape index (κ2) is 5.42. The van der Waals surface area contributed by atoms with Gasteiger partial charge in [-0.15, -0.1) is 11.3 Å². The lowest BCUT2D eigenvalue weighted by molar-refractivity contribution is 0.322. The van der Waals surface area contributed by atoms with Crippen molar-refractivity contribution in [3.63, 3.8) is 0 Å². The lowest BCUT2D eigenvalue weighted by atomic mass is 9.98. The maximum absolute atomic E-state index is 5.37. The summed E-state index contributed by atoms with van der Waals surface area (Å²) in [4.78, 5) is 5.53. The molecule has 0 spiro atoms. The SMILES string of the molecule is CCC(c1nc(-c2cccs2)no1)C(C)NC. The molecule has 1 N–H and O–H groups in total. The van der Waals surface area contributed by atoms with Gasteiger partial charge in [0, 0.05) is 6.04 Å². The summed E-state index contributed by atoms with van der Waals surface area (Å²) in [5, 5.41) is 9.29. The normalized spacial score (nSPS) is 14.8. The van der Waals surface area contributed by atoms with Crippen molar-refractivity contribution in [2.45, 2.75) is 32.2 Å². The summed E-state index contributed by atoms with van der Waals surface area (Å²) in [6.45, 7) is 4.26. The van der Waals surface area contributed by atoms with E-state index in [0.29, 0.717) is 11.9 Å². The van der Waals surface area contributed by atoms with E-state index in [2.05, 4.69) is 29.3 Å². The molecule has 0 fully saturated rings. The van der Waals surface area contributed by atoms with Crippen molar-refractivity contribution >= 4 is 11.3 Å². The zero-order chi connectivity index (χ0) is 12.3. The van der Waals surface area contributed by atoms with Crippen LogP contribution in [-0.2, 0) is 0 Å². The van der Waals surface area contributed by atoms with Gasteiger partial charge in [0.1, 0.15) is 0 Å². The molecule has 92 valence electrons. The molecule has 2 heterocycles. The lowest BCUT2D eigenvalue weighted by Gasteiger charge is -2.17. The van der Waals surface area contributed by atoms with Gasteiger partial charge < -0.3 is 9.84 Å². The third-order valence-electron chi connectivity index (χ3n) is 3.00. The van der Waals surface area contributed by atoms with Crippen LogP contribution in [0.2, 0.25) is 0 Å². The van der Waals surface area contributed by atoms with E-state index >= 15 is 0 Å². The molecule has 2 rings (SSSR count). The lowest BCUT2D eigenvalue weighted by Crippen LogP contribution is -2.28. The average molecular weight is 251 g/mol. The van der Waals surface area contributed by atoms with Crippen LogP contribution in [-0.4, -0.2) is 23.2 Å². The maximum atomic E-state index is 5.37. The summed E-state index contributed by atoms with van der Waals surface area (Å²) in [7, 11) is 1.95. The summed E-state index contributed by atoms with van der Waals surface area (Å²) < 4.78 is 5.37. The van der Waals surface area contributed by atoms with E-state index in [9.17, 15) is 0 Å². The number of hydrogen-bond acceptors (Lipinski definition) is 5. The third kappa shape index (κ3) is 2.56. The van der Waals surface area contributed by atoms with Gasteiger partial charge in [0.15, 0.2) is 0 Å². The van der Waals surface area contributed by atoms with Gasteiger partial charge in [0.25, 0.3) is 0 Å². The van der Waals surface area contributed by atoms with E-state index in [-0.39, 0.29) is 5.92 Å². The standard InChI is InChI=1S/C12H17N3OS/c1-4-9(8(2)13-3)12-14-11(15-16-12)10-6-5-7-17-10/h5-9,13H,4H2,1-3H3. The van der Waals surface area contributed by atoms with Crippen LogP contribution in [0.5, 0.6) is 0 Å². The Hall–Kier alpha value is -1.20. The number of likely N-dealkylation sites (N-methyl/N-ethyl adjacent to an activating group) is 1. The number of rotatable bonds is 5. The Bertz CT molecular complexity index is 452. The molecule has 4 nitrogen and oxygen atoms in total. The molecule has 0 amide bonds. The first-order chi connectivity index (χ1) is 8.26. The molecule has 5 heteroatoms. The molecule has 17 heavy (non-hydrogen) atoms. The fourth-order valence-corrected chi connectivity index (χ4v) is 2.48. The molecular formula is C12H17N3OS. The smallest absolute Gasteiger partial charge is 0.231 e. The summed E-state index contributed by atoms with van der Waals surface area (Å²) in [5.74, 6) is 1.68. The van der Waals surface area contributed by atoms with E-state index in [1.165, 1.54) is 0 Å². The van der Waals surface area contributed by atoms with Gasteiger partial charge in [-0.05, 0) is 31.8 Å². The topological polar surface area (TPSA) is 51.0 Å². The highest BCUT2D eigenvalue weighted by atomic mass is 32.1. The molecular weight excluding hydrogens is 234 g/mol. The molecule has 2 atom stereocenters. The fraction of sp³-hybridized carbons (Fsp3) is 0.500. The van der Waals surface area contributed by atoms with Crippen molar-refractivity contribution in [1.29, 1.82) is 0 Å². The molecule has 0 aromatic carbocycles. The molecule has 0 aliphatic heterocycles. The molecule has 2 aromatic rings. The molecule has 0 saturated heterocycles. The molecule has 0 bridgehead atoms. The monoisotopic (exact) mass is 251 g/mol. The minimum Gasteiger partial charge on any atom is -0.339 e. The van der Waals surface area contributed by atoms with E-state index in [1.54, 1.807) is 11.3 Å². The van der Waals surface area contributed by atoms with Crippen molar-refractivity contribution in [2.75, 3.05) is 7.05 Å². The van der Waals surface area contributed by atoms with Crippen LogP contribution < -0.4 is 5.32 Å². The van der Waals surface area contributed by atoms with Crippen LogP contribution in [0.25, 0.3) is 10.7 Å². The minimum atomic E-state index is 0.265. The first-order valence-corrected chi connectivity index (χ1v) is 6.69. The Kier molecular flexibility index (Phi) is 3.91. The Morgan fingerprint density at radius 1 is 1.53 bits per heavy atom. The molecule has 0 aliphatic rings. The predicted molar refractivity (Wildman–Crippen MR) is 69.2 cm³/mol. The highest BCUT2D eigenvalue weighted by Crippen LogP contribution is 2.26. The second-order valence-electron chi connectivity index (χ2n) is 4.03. The highest BCUT2D eigenvalue weighted by Gasteiger charge is 2.22. The quantitative estimate of drug-likeness (QED) is 0.887. The molecule has 2 unspecified atom stereocenters. The van der Waals surface area contributed by atoms with Gasteiger partial charge in [0.2, 0.25) is 11.7 Å². The van der Waals surface area contributed by atoms with Crippen molar-refractivity contribution in [2.24, 2.45) is 0 Å². The Balaban J connectivity index is 2.22. The van der Waals surface area contributed by atoms with Crippen molar-refractivity contribution in [3.8, 4) is 10.7 Å². The van der Waals surface area contributed by atoms with Gasteiger partial charge in [-0.1, -0.05) is 18.1 Å². The molecule has 2 aromatic heterocycles. The first kappa shape index (κ1) is 12.3. The van der Waals surface area contributed by atoms with Gasteiger partial charge in [0.05, 0.1) is 10.8 Å². The Morgan fingerprint density at radius 3 is 2.94 bits per heavy atom. The van der Waals surface area contributed by atoms with Crippen LogP contribution >= 0.6 is 11.3 Å². The Morgan fingerprint density at radius 2 is 2.35 bits per heavy atom. The van der Waals surface area contributed by atoms with Crippen molar-refractivity contribution < 1.29 is 4.52 Å². The van der Waals surface area contributed by atoms with E-state index in [1.807, 2.05) is 24.6 Å². The zero-order valence-corrected chi connectivity index (χ0v) is 11.1. The predicted octanol–water partition coefficient (Wildman–Crippen LogP) is 2.90. The Labute approximate surface area is 105 Å². The third-order valence-corrected chi connectivity index (χ3v) is 3.87. The largest absolute Gasteiger partial charge is 0.339 e. The molecule has 0 radical (unpaired) electrons. The zero-order valence-electron chi connectivity index (χ0n) is 10.3. The van der Waals surface area contributed by atoms with Crippen molar-refractivity contribution in [1.82, 2.24) is 15.5 Å². The number of hydrogen-bond donors (Lipinski definition) is 1. The summed E-state index contributed by atoms with van der Waals surface area (Å²) in [6.07, 6.45) is 0.980. The summed E-state index contributed by atoms with van der Waals surface area (Å²) >= 11 is 1.62. The average Bonchev–Trinajstić information content (AvgIpc) is 2.99. The van der Waals surface area contributed by atoms with Crippen LogP contribution in [0.1, 0.15) is 32.1 Å². The number of nitrogens with zero attached hydrogens (tertiary/aromatic N) is 2. The highest BCUT2D eigenvalue weighted by molar-refractivity contribution is 7.13. The summed E-state index contributed by atoms with van der Waals surface area (Å²) in [5.41, 5.74) is 0. The minimum absolute atomic E-state index is 0.265. The van der Waals surface area contributed by atoms with E-state index in [4.69, 9.17) is 4.52 Å². The number of nitrogens with one attached hydrogen (secondary N) is 1. The number of thiophene rings is 1. The maximum Gasteiger partial charge on any atom is 0.231 e. The van der Waals surface area contributed by atoms with Crippen LogP contribution in [0.3, 0.4) is 0 Å². The number of aromatic nitrogens is 2. The molecule has 0 aliphatic carbocycles. The van der Waals surface area contributed by atoms with Crippen LogP contribution in [0.15, 0.2) is 22.0 Å². The second-order valence-corrected chi connectivity index (χ2v) is 4.97. The fourth-order valence-electron chi connectivity index (χ4n) is 1.83. The van der Waals surface area contributed by atoms with Crippen molar-refractivity contribution in [3.05, 3.63) is 23.4 Å². The van der Waals surface area contributed by atoms with E-state index in [0.717, 1.165) is 17.2 Å². The van der Waals surface area contributed by atoms with E-state index < -0.39 is 0 Å². The first-order valence-electron chi connectivity index (χ1n) is 5.81. The molecule has 0 saturated carbocycles. The van der Waals surface area contributed by atoms with Crippen LogP contribution in [0.4, 0.5) is 0 Å². The van der Waals surface area contributed by atoms with Gasteiger partial charge in [-0.25, -0.2) is 0 Å². The summed E-state index contributed by atoms with van der Waals surface area (Å²) in [6, 6.07) is 4.32. The van der Waals surface area contributed by atoms with Gasteiger partial charge in [-0.2, -0.15) is 4.98 Å². The van der Waals surface area contributed by atoms with Gasteiger partial charge >= 0.3 is 0 Å².